The average molecular weight is 280 g/mol. The van der Waals surface area contributed by atoms with Crippen LogP contribution < -0.4 is 5.73 Å². The highest BCUT2D eigenvalue weighted by Crippen LogP contribution is 2.28. The maximum absolute atomic E-state index is 12.6. The normalized spacial score (nSPS) is 17.2. The van der Waals surface area contributed by atoms with Crippen LogP contribution in [0.2, 0.25) is 0 Å². The zero-order chi connectivity index (χ0) is 14.0. The van der Waals surface area contributed by atoms with E-state index < -0.39 is 0 Å². The molecule has 1 unspecified atom stereocenters. The van der Waals surface area contributed by atoms with Gasteiger partial charge in [-0.3, -0.25) is 4.79 Å². The number of fused-ring (bicyclic) bond motifs is 1. The Bertz CT molecular complexity index is 447. The molecular formula is C15H24N2OS. The number of thiophene rings is 1. The van der Waals surface area contributed by atoms with Crippen LogP contribution in [-0.2, 0) is 17.8 Å². The fourth-order valence-electron chi connectivity index (χ4n) is 2.71. The Hall–Kier alpha value is -0.870. The Kier molecular flexibility index (Phi) is 4.31. The molecule has 0 aliphatic carbocycles. The first-order valence-electron chi connectivity index (χ1n) is 6.95. The van der Waals surface area contributed by atoms with Crippen LogP contribution in [0.5, 0.6) is 0 Å². The van der Waals surface area contributed by atoms with E-state index in [2.05, 4.69) is 32.2 Å². The van der Waals surface area contributed by atoms with Crippen molar-refractivity contribution in [2.75, 3.05) is 13.1 Å². The van der Waals surface area contributed by atoms with Crippen molar-refractivity contribution < 1.29 is 4.79 Å². The zero-order valence-electron chi connectivity index (χ0n) is 12.1. The number of hydrogen-bond acceptors (Lipinski definition) is 3. The van der Waals surface area contributed by atoms with Gasteiger partial charge in [-0.05, 0) is 35.3 Å². The van der Waals surface area contributed by atoms with E-state index in [1.807, 2.05) is 4.90 Å². The first-order chi connectivity index (χ1) is 8.90. The van der Waals surface area contributed by atoms with Gasteiger partial charge in [0.1, 0.15) is 0 Å². The molecule has 0 saturated carbocycles. The van der Waals surface area contributed by atoms with Gasteiger partial charge in [-0.25, -0.2) is 0 Å². The summed E-state index contributed by atoms with van der Waals surface area (Å²) in [6, 6.07) is 2.14. The number of carbonyl (C=O) groups excluding carboxylic acids is 1. The number of hydrogen-bond donors (Lipinski definition) is 1. The van der Waals surface area contributed by atoms with Gasteiger partial charge in [-0.2, -0.15) is 0 Å². The lowest BCUT2D eigenvalue weighted by molar-refractivity contribution is -0.137. The summed E-state index contributed by atoms with van der Waals surface area (Å²) in [5, 5.41) is 2.12. The molecule has 0 bridgehead atoms. The van der Waals surface area contributed by atoms with Crippen molar-refractivity contribution in [2.24, 2.45) is 17.1 Å². The molecule has 106 valence electrons. The van der Waals surface area contributed by atoms with E-state index in [0.29, 0.717) is 6.54 Å². The molecule has 4 heteroatoms. The van der Waals surface area contributed by atoms with Gasteiger partial charge < -0.3 is 10.6 Å². The van der Waals surface area contributed by atoms with Crippen LogP contribution in [0, 0.1) is 11.3 Å². The maximum Gasteiger partial charge on any atom is 0.227 e. The van der Waals surface area contributed by atoms with Gasteiger partial charge in [0.2, 0.25) is 5.91 Å². The molecule has 1 aliphatic rings. The van der Waals surface area contributed by atoms with Gasteiger partial charge in [0.15, 0.2) is 0 Å². The first-order valence-corrected chi connectivity index (χ1v) is 7.83. The Morgan fingerprint density at radius 1 is 1.53 bits per heavy atom. The summed E-state index contributed by atoms with van der Waals surface area (Å²) in [5.74, 6) is 0.189. The molecule has 2 N–H and O–H groups in total. The van der Waals surface area contributed by atoms with Crippen molar-refractivity contribution in [2.45, 2.75) is 40.2 Å². The van der Waals surface area contributed by atoms with E-state index in [1.54, 1.807) is 11.3 Å². The first kappa shape index (κ1) is 14.5. The van der Waals surface area contributed by atoms with Crippen LogP contribution in [0.15, 0.2) is 11.4 Å². The van der Waals surface area contributed by atoms with E-state index in [0.717, 1.165) is 25.9 Å². The van der Waals surface area contributed by atoms with E-state index in [1.165, 1.54) is 10.4 Å². The van der Waals surface area contributed by atoms with Gasteiger partial charge in [-0.15, -0.1) is 11.3 Å². The largest absolute Gasteiger partial charge is 0.338 e. The van der Waals surface area contributed by atoms with Crippen LogP contribution >= 0.6 is 11.3 Å². The van der Waals surface area contributed by atoms with Gasteiger partial charge in [0.05, 0.1) is 5.92 Å². The number of rotatable bonds is 3. The molecule has 1 aromatic heterocycles. The highest BCUT2D eigenvalue weighted by molar-refractivity contribution is 7.10. The molecule has 0 radical (unpaired) electrons. The summed E-state index contributed by atoms with van der Waals surface area (Å²) in [7, 11) is 0. The standard InChI is InChI=1S/C15H24N2OS/c1-15(2,3)8-12(9-16)14(18)17-6-4-13-11(10-17)5-7-19-13/h5,7,12H,4,6,8-10,16H2,1-3H3. The third-order valence-electron chi connectivity index (χ3n) is 3.61. The number of amides is 1. The Balaban J connectivity index is 2.03. The fourth-order valence-corrected chi connectivity index (χ4v) is 3.60. The Labute approximate surface area is 119 Å². The van der Waals surface area contributed by atoms with Crippen LogP contribution in [-0.4, -0.2) is 23.9 Å². The third-order valence-corrected chi connectivity index (χ3v) is 4.63. The summed E-state index contributed by atoms with van der Waals surface area (Å²) >= 11 is 1.80. The minimum atomic E-state index is -0.0415. The molecule has 3 nitrogen and oxygen atoms in total. The quantitative estimate of drug-likeness (QED) is 0.925. The monoisotopic (exact) mass is 280 g/mol. The molecule has 0 saturated heterocycles. The van der Waals surface area contributed by atoms with Crippen molar-refractivity contribution in [3.05, 3.63) is 21.9 Å². The second-order valence-electron chi connectivity index (χ2n) is 6.58. The fraction of sp³-hybridized carbons (Fsp3) is 0.667. The molecule has 1 amide bonds. The van der Waals surface area contributed by atoms with Crippen molar-refractivity contribution >= 4 is 17.2 Å². The molecule has 1 atom stereocenters. The molecule has 0 spiro atoms. The summed E-state index contributed by atoms with van der Waals surface area (Å²) in [6.07, 6.45) is 1.85. The van der Waals surface area contributed by atoms with E-state index in [9.17, 15) is 4.79 Å². The maximum atomic E-state index is 12.6. The summed E-state index contributed by atoms with van der Waals surface area (Å²) in [6.45, 7) is 8.54. The van der Waals surface area contributed by atoms with Gasteiger partial charge in [0.25, 0.3) is 0 Å². The molecule has 19 heavy (non-hydrogen) atoms. The van der Waals surface area contributed by atoms with Crippen molar-refractivity contribution in [1.29, 1.82) is 0 Å². The lowest BCUT2D eigenvalue weighted by Gasteiger charge is -2.32. The highest BCUT2D eigenvalue weighted by atomic mass is 32.1. The lowest BCUT2D eigenvalue weighted by Crippen LogP contribution is -2.42. The third kappa shape index (κ3) is 3.57. The van der Waals surface area contributed by atoms with E-state index in [4.69, 9.17) is 5.73 Å². The van der Waals surface area contributed by atoms with Crippen LogP contribution in [0.4, 0.5) is 0 Å². The summed E-state index contributed by atoms with van der Waals surface area (Å²) in [4.78, 5) is 16.0. The second kappa shape index (κ2) is 5.63. The van der Waals surface area contributed by atoms with Crippen LogP contribution in [0.1, 0.15) is 37.6 Å². The van der Waals surface area contributed by atoms with Crippen LogP contribution in [0.3, 0.4) is 0 Å². The molecule has 2 heterocycles. The summed E-state index contributed by atoms with van der Waals surface area (Å²) < 4.78 is 0. The molecular weight excluding hydrogens is 256 g/mol. The van der Waals surface area contributed by atoms with Gasteiger partial charge in [0, 0.05) is 24.5 Å². The zero-order valence-corrected chi connectivity index (χ0v) is 12.9. The minimum absolute atomic E-state index is 0.0415. The topological polar surface area (TPSA) is 46.3 Å². The Morgan fingerprint density at radius 2 is 2.26 bits per heavy atom. The predicted octanol–water partition coefficient (Wildman–Crippen LogP) is 2.64. The summed E-state index contributed by atoms with van der Waals surface area (Å²) in [5.41, 5.74) is 7.27. The Morgan fingerprint density at radius 3 is 2.89 bits per heavy atom. The minimum Gasteiger partial charge on any atom is -0.338 e. The average Bonchev–Trinajstić information content (AvgIpc) is 2.81. The molecule has 2 rings (SSSR count). The highest BCUT2D eigenvalue weighted by Gasteiger charge is 2.29. The number of carbonyl (C=O) groups is 1. The molecule has 1 aromatic rings. The number of nitrogens with two attached hydrogens (primary N) is 1. The van der Waals surface area contributed by atoms with Crippen LogP contribution in [0.25, 0.3) is 0 Å². The predicted molar refractivity (Wildman–Crippen MR) is 80.1 cm³/mol. The molecule has 1 aliphatic heterocycles. The molecule has 0 fully saturated rings. The lowest BCUT2D eigenvalue weighted by atomic mass is 9.84. The van der Waals surface area contributed by atoms with E-state index >= 15 is 0 Å². The van der Waals surface area contributed by atoms with Gasteiger partial charge in [-0.1, -0.05) is 20.8 Å². The molecule has 0 aromatic carbocycles. The number of nitrogens with zero attached hydrogens (tertiary/aromatic N) is 1. The van der Waals surface area contributed by atoms with Crippen molar-refractivity contribution in [1.82, 2.24) is 4.90 Å². The van der Waals surface area contributed by atoms with Gasteiger partial charge >= 0.3 is 0 Å². The van der Waals surface area contributed by atoms with Crippen molar-refractivity contribution in [3.63, 3.8) is 0 Å². The van der Waals surface area contributed by atoms with Crippen molar-refractivity contribution in [3.8, 4) is 0 Å². The SMILES string of the molecule is CC(C)(C)CC(CN)C(=O)N1CCc2sccc2C1. The smallest absolute Gasteiger partial charge is 0.227 e. The second-order valence-corrected chi connectivity index (χ2v) is 7.58. The van der Waals surface area contributed by atoms with E-state index in [-0.39, 0.29) is 17.2 Å².